The number of aromatic amines is 1. The Bertz CT molecular complexity index is 988. The van der Waals surface area contributed by atoms with Gasteiger partial charge in [-0.05, 0) is 37.5 Å². The van der Waals surface area contributed by atoms with E-state index in [1.165, 1.54) is 0 Å². The largest absolute Gasteiger partial charge is 0.381 e. The van der Waals surface area contributed by atoms with Crippen molar-refractivity contribution < 1.29 is 9.53 Å². The van der Waals surface area contributed by atoms with E-state index in [0.29, 0.717) is 36.1 Å². The van der Waals surface area contributed by atoms with Crippen molar-refractivity contribution in [1.82, 2.24) is 24.6 Å². The van der Waals surface area contributed by atoms with Gasteiger partial charge < -0.3 is 20.4 Å². The molecule has 3 fully saturated rings. The fourth-order valence-corrected chi connectivity index (χ4v) is 5.38. The number of carbonyl (C=O) groups is 1. The van der Waals surface area contributed by atoms with Gasteiger partial charge >= 0.3 is 0 Å². The van der Waals surface area contributed by atoms with Crippen LogP contribution in [-0.4, -0.2) is 63.4 Å². The van der Waals surface area contributed by atoms with E-state index < -0.39 is 0 Å². The maximum Gasteiger partial charge on any atom is 0.262 e. The molecule has 3 aliphatic rings. The fourth-order valence-electron chi connectivity index (χ4n) is 5.38. The zero-order valence-corrected chi connectivity index (χ0v) is 17.4. The van der Waals surface area contributed by atoms with Gasteiger partial charge in [-0.3, -0.25) is 9.59 Å². The number of fused-ring (bicyclic) bond motifs is 1. The van der Waals surface area contributed by atoms with E-state index in [2.05, 4.69) is 21.9 Å². The first kappa shape index (κ1) is 19.7. The van der Waals surface area contributed by atoms with Crippen LogP contribution in [0, 0.1) is 17.8 Å². The number of hydrogen-bond donors (Lipinski definition) is 2. The van der Waals surface area contributed by atoms with Crippen LogP contribution in [0.3, 0.4) is 0 Å². The third-order valence-corrected chi connectivity index (χ3v) is 7.21. The SMILES string of the molecule is CC1CN(CC2CC(C(N)=O)C2)CC1c1nc2c(cnn2C2CCOCC2)c(=O)[nH]1. The number of likely N-dealkylation sites (tertiary alicyclic amines) is 1. The minimum absolute atomic E-state index is 0.0525. The van der Waals surface area contributed by atoms with E-state index in [9.17, 15) is 9.59 Å². The summed E-state index contributed by atoms with van der Waals surface area (Å²) in [7, 11) is 0. The number of amides is 1. The topological polar surface area (TPSA) is 119 Å². The lowest BCUT2D eigenvalue weighted by molar-refractivity contribution is -0.126. The molecule has 3 N–H and O–H groups in total. The van der Waals surface area contributed by atoms with Gasteiger partial charge in [-0.25, -0.2) is 9.67 Å². The van der Waals surface area contributed by atoms with Crippen molar-refractivity contribution in [3.63, 3.8) is 0 Å². The number of nitrogens with one attached hydrogen (secondary N) is 1. The molecule has 2 saturated heterocycles. The second-order valence-corrected chi connectivity index (χ2v) is 9.36. The summed E-state index contributed by atoms with van der Waals surface area (Å²) in [5.41, 5.74) is 5.98. The van der Waals surface area contributed by atoms with Crippen LogP contribution in [0.4, 0.5) is 0 Å². The molecule has 0 radical (unpaired) electrons. The maximum atomic E-state index is 12.7. The standard InChI is InChI=1S/C21H30N6O3/c1-12-9-26(10-13-6-14(7-13)18(22)28)11-17(12)19-24-20-16(21(29)25-19)8-23-27(20)15-2-4-30-5-3-15/h8,12-15,17H,2-7,9-11H2,1H3,(H2,22,28)(H,24,25,29). The van der Waals surface area contributed by atoms with Crippen molar-refractivity contribution in [3.8, 4) is 0 Å². The second-order valence-electron chi connectivity index (χ2n) is 9.36. The summed E-state index contributed by atoms with van der Waals surface area (Å²) in [6, 6.07) is 0.229. The lowest BCUT2D eigenvalue weighted by atomic mass is 9.74. The third kappa shape index (κ3) is 3.54. The Morgan fingerprint density at radius 2 is 2.07 bits per heavy atom. The molecular formula is C21H30N6O3. The predicted molar refractivity (Wildman–Crippen MR) is 111 cm³/mol. The molecule has 2 unspecified atom stereocenters. The molecule has 4 heterocycles. The predicted octanol–water partition coefficient (Wildman–Crippen LogP) is 1.02. The number of hydrogen-bond acceptors (Lipinski definition) is 6. The molecular weight excluding hydrogens is 384 g/mol. The lowest BCUT2D eigenvalue weighted by Crippen LogP contribution is -2.40. The average Bonchev–Trinajstić information content (AvgIpc) is 3.28. The molecule has 2 aliphatic heterocycles. The average molecular weight is 415 g/mol. The molecule has 2 aromatic rings. The number of primary amides is 1. The number of aromatic nitrogens is 4. The molecule has 5 rings (SSSR count). The smallest absolute Gasteiger partial charge is 0.262 e. The number of rotatable bonds is 5. The number of carbonyl (C=O) groups excluding carboxylic acids is 1. The van der Waals surface area contributed by atoms with Gasteiger partial charge in [-0.1, -0.05) is 6.92 Å². The van der Waals surface area contributed by atoms with Gasteiger partial charge in [0.1, 0.15) is 11.2 Å². The van der Waals surface area contributed by atoms with Crippen LogP contribution >= 0.6 is 0 Å². The maximum absolute atomic E-state index is 12.7. The van der Waals surface area contributed by atoms with Crippen molar-refractivity contribution in [2.24, 2.45) is 23.5 Å². The van der Waals surface area contributed by atoms with E-state index in [0.717, 1.165) is 51.1 Å². The van der Waals surface area contributed by atoms with Gasteiger partial charge in [0.2, 0.25) is 5.91 Å². The molecule has 162 valence electrons. The van der Waals surface area contributed by atoms with Crippen LogP contribution in [0.1, 0.15) is 50.4 Å². The molecule has 2 aromatic heterocycles. The summed E-state index contributed by atoms with van der Waals surface area (Å²) in [5, 5.41) is 5.05. The van der Waals surface area contributed by atoms with E-state index in [4.69, 9.17) is 15.5 Å². The molecule has 1 saturated carbocycles. The molecule has 0 bridgehead atoms. The minimum atomic E-state index is -0.171. The molecule has 1 amide bonds. The van der Waals surface area contributed by atoms with Gasteiger partial charge in [-0.2, -0.15) is 5.10 Å². The Morgan fingerprint density at radius 3 is 2.80 bits per heavy atom. The second kappa shape index (κ2) is 7.77. The first-order chi connectivity index (χ1) is 14.5. The summed E-state index contributed by atoms with van der Waals surface area (Å²) in [4.78, 5) is 34.4. The molecule has 1 aliphatic carbocycles. The van der Waals surface area contributed by atoms with E-state index in [1.807, 2.05) is 4.68 Å². The van der Waals surface area contributed by atoms with Crippen LogP contribution < -0.4 is 11.3 Å². The quantitative estimate of drug-likeness (QED) is 0.754. The molecule has 0 aromatic carbocycles. The zero-order valence-electron chi connectivity index (χ0n) is 17.4. The Labute approximate surface area is 175 Å². The highest BCUT2D eigenvalue weighted by atomic mass is 16.5. The third-order valence-electron chi connectivity index (χ3n) is 7.21. The summed E-state index contributed by atoms with van der Waals surface area (Å²) >= 11 is 0. The Hall–Kier alpha value is -2.26. The molecule has 9 heteroatoms. The first-order valence-electron chi connectivity index (χ1n) is 11.1. The molecule has 9 nitrogen and oxygen atoms in total. The minimum Gasteiger partial charge on any atom is -0.381 e. The molecule has 2 atom stereocenters. The van der Waals surface area contributed by atoms with Crippen molar-refractivity contribution in [1.29, 1.82) is 0 Å². The van der Waals surface area contributed by atoms with E-state index in [1.54, 1.807) is 6.20 Å². The first-order valence-corrected chi connectivity index (χ1v) is 11.1. The van der Waals surface area contributed by atoms with Crippen molar-refractivity contribution in [2.45, 2.75) is 44.6 Å². The monoisotopic (exact) mass is 414 g/mol. The van der Waals surface area contributed by atoms with Crippen molar-refractivity contribution in [2.75, 3.05) is 32.8 Å². The van der Waals surface area contributed by atoms with Crippen LogP contribution in [-0.2, 0) is 9.53 Å². The van der Waals surface area contributed by atoms with Crippen LogP contribution in [0.15, 0.2) is 11.0 Å². The Morgan fingerprint density at radius 1 is 1.30 bits per heavy atom. The highest BCUT2D eigenvalue weighted by molar-refractivity contribution is 5.77. The summed E-state index contributed by atoms with van der Waals surface area (Å²) in [6.07, 6.45) is 5.22. The highest BCUT2D eigenvalue weighted by Crippen LogP contribution is 2.37. The number of nitrogens with zero attached hydrogens (tertiary/aromatic N) is 4. The van der Waals surface area contributed by atoms with Crippen molar-refractivity contribution in [3.05, 3.63) is 22.4 Å². The summed E-state index contributed by atoms with van der Waals surface area (Å²) < 4.78 is 7.39. The van der Waals surface area contributed by atoms with Gasteiger partial charge in [0.25, 0.3) is 5.56 Å². The molecule has 30 heavy (non-hydrogen) atoms. The van der Waals surface area contributed by atoms with E-state index >= 15 is 0 Å². The van der Waals surface area contributed by atoms with Gasteiger partial charge in [0.05, 0.1) is 12.2 Å². The van der Waals surface area contributed by atoms with Crippen molar-refractivity contribution >= 4 is 16.9 Å². The van der Waals surface area contributed by atoms with Crippen LogP contribution in [0.2, 0.25) is 0 Å². The van der Waals surface area contributed by atoms with Gasteiger partial charge in [0, 0.05) is 44.7 Å². The lowest BCUT2D eigenvalue weighted by Gasteiger charge is -2.35. The van der Waals surface area contributed by atoms with Crippen LogP contribution in [0.25, 0.3) is 11.0 Å². The number of ether oxygens (including phenoxy) is 1. The number of H-pyrrole nitrogens is 1. The molecule has 0 spiro atoms. The van der Waals surface area contributed by atoms with Gasteiger partial charge in [0.15, 0.2) is 5.65 Å². The van der Waals surface area contributed by atoms with E-state index in [-0.39, 0.29) is 29.3 Å². The Kier molecular flexibility index (Phi) is 5.10. The van der Waals surface area contributed by atoms with Crippen LogP contribution in [0.5, 0.6) is 0 Å². The zero-order chi connectivity index (χ0) is 20.8. The normalized spacial score (nSPS) is 30.6. The highest BCUT2D eigenvalue weighted by Gasteiger charge is 2.38. The fraction of sp³-hybridized carbons (Fsp3) is 0.714. The number of nitrogens with two attached hydrogens (primary N) is 1. The summed E-state index contributed by atoms with van der Waals surface area (Å²) in [5.74, 6) is 1.77. The van der Waals surface area contributed by atoms with Gasteiger partial charge in [-0.15, -0.1) is 0 Å². The Balaban J connectivity index is 1.34. The summed E-state index contributed by atoms with van der Waals surface area (Å²) in [6.45, 7) is 6.49.